The van der Waals surface area contributed by atoms with Gasteiger partial charge in [0.2, 0.25) is 0 Å². The Kier molecular flexibility index (Phi) is 1.77. The number of rotatable bonds is 0. The van der Waals surface area contributed by atoms with Crippen molar-refractivity contribution < 1.29 is 13.9 Å². The van der Waals surface area contributed by atoms with E-state index in [1.807, 2.05) is 0 Å². The summed E-state index contributed by atoms with van der Waals surface area (Å²) in [6.45, 7) is 1.20. The molecule has 7 heavy (non-hydrogen) atoms. The van der Waals surface area contributed by atoms with E-state index in [9.17, 15) is 8.96 Å². The molecule has 0 spiro atoms. The summed E-state index contributed by atoms with van der Waals surface area (Å²) in [5.74, 6) is 0. The minimum atomic E-state index is -2.21. The third-order valence-electron chi connectivity index (χ3n) is 0.553. The van der Waals surface area contributed by atoms with E-state index in [0.29, 0.717) is 0 Å². The van der Waals surface area contributed by atoms with Crippen LogP contribution in [0.15, 0.2) is 0 Å². The van der Waals surface area contributed by atoms with E-state index < -0.39 is 4.93 Å². The van der Waals surface area contributed by atoms with Gasteiger partial charge in [-0.05, 0) is 12.2 Å². The van der Waals surface area contributed by atoms with E-state index in [1.165, 1.54) is 6.92 Å². The summed E-state index contributed by atoms with van der Waals surface area (Å²) < 4.78 is 23.3. The molecule has 0 aliphatic carbocycles. The van der Waals surface area contributed by atoms with Gasteiger partial charge in [0.25, 0.3) is 4.99 Å². The zero-order valence-corrected chi connectivity index (χ0v) is 4.93. The first kappa shape index (κ1) is 6.91. The van der Waals surface area contributed by atoms with Gasteiger partial charge in [-0.1, -0.05) is 0 Å². The van der Waals surface area contributed by atoms with E-state index in [0.717, 1.165) is 7.05 Å². The number of halogens is 2. The highest BCUT2D eigenvalue weighted by Gasteiger charge is 2.24. The van der Waals surface area contributed by atoms with Crippen molar-refractivity contribution in [1.82, 2.24) is 0 Å². The second-order valence-corrected chi connectivity index (χ2v) is 1.90. The van der Waals surface area contributed by atoms with Crippen LogP contribution in [0.2, 0.25) is 0 Å². The maximum Gasteiger partial charge on any atom is 0.250 e. The van der Waals surface area contributed by atoms with E-state index in [4.69, 9.17) is 0 Å². The van der Waals surface area contributed by atoms with Gasteiger partial charge in [0, 0.05) is 15.9 Å². The second kappa shape index (κ2) is 1.79. The Bertz CT molecular complexity index is 85.4. The average Bonchev–Trinajstić information content (AvgIpc) is 1.31. The predicted octanol–water partition coefficient (Wildman–Crippen LogP) is 1.55. The maximum atomic E-state index is 11.6. The number of quaternary nitrogens is 1. The molecule has 0 rings (SSSR count). The second-order valence-electron chi connectivity index (χ2n) is 1.31. The lowest BCUT2D eigenvalue weighted by molar-refractivity contribution is -1.08. The summed E-state index contributed by atoms with van der Waals surface area (Å²) in [7, 11) is 0.725. The molecule has 0 aliphatic heterocycles. The third-order valence-corrected chi connectivity index (χ3v) is 0.874. The molecule has 0 heterocycles. The maximum absolute atomic E-state index is 11.6. The largest absolute Gasteiger partial charge is 0.250 e. The van der Waals surface area contributed by atoms with E-state index in [-0.39, 0.29) is 4.99 Å². The molecule has 4 heteroatoms. The van der Waals surface area contributed by atoms with Crippen LogP contribution in [0, 0.1) is 0 Å². The molecule has 42 valence electrons. The molecular formula is C3H6F2NS+. The van der Waals surface area contributed by atoms with Gasteiger partial charge in [0.1, 0.15) is 0 Å². The highest BCUT2D eigenvalue weighted by Crippen LogP contribution is 2.04. The normalized spacial score (nSPS) is 11.4. The monoisotopic (exact) mass is 126 g/mol. The van der Waals surface area contributed by atoms with Crippen molar-refractivity contribution in [3.63, 3.8) is 0 Å². The van der Waals surface area contributed by atoms with Gasteiger partial charge >= 0.3 is 0 Å². The van der Waals surface area contributed by atoms with Crippen LogP contribution in [0.5, 0.6) is 0 Å². The number of nitrogens with zero attached hydrogens (tertiary/aromatic N) is 1. The SMILES string of the molecule is CC(=S)[N+](C)(F)F. The van der Waals surface area contributed by atoms with Crippen molar-refractivity contribution in [1.29, 1.82) is 0 Å². The quantitative estimate of drug-likeness (QED) is 0.350. The Hall–Kier alpha value is -0.0900. The Labute approximate surface area is 46.0 Å². The highest BCUT2D eigenvalue weighted by atomic mass is 32.1. The summed E-state index contributed by atoms with van der Waals surface area (Å²) >= 11 is 4.16. The molecule has 0 N–H and O–H groups in total. The van der Waals surface area contributed by atoms with Crippen LogP contribution in [0.4, 0.5) is 8.96 Å². The fraction of sp³-hybridized carbons (Fsp3) is 0.667. The number of hydrogen-bond acceptors (Lipinski definition) is 1. The topological polar surface area (TPSA) is 0 Å². The summed E-state index contributed by atoms with van der Waals surface area (Å²) in [5, 5.41) is 0. The van der Waals surface area contributed by atoms with Crippen molar-refractivity contribution in [2.45, 2.75) is 6.92 Å². The minimum absolute atomic E-state index is 0.319. The molecule has 0 unspecified atom stereocenters. The van der Waals surface area contributed by atoms with Gasteiger partial charge < -0.3 is 0 Å². The molecule has 0 aromatic heterocycles. The molecule has 0 saturated heterocycles. The molecule has 0 radical (unpaired) electrons. The average molecular weight is 126 g/mol. The molecule has 0 aliphatic rings. The zero-order chi connectivity index (χ0) is 6.08. The lowest BCUT2D eigenvalue weighted by Crippen LogP contribution is -2.27. The van der Waals surface area contributed by atoms with Crippen LogP contribution in [0.25, 0.3) is 0 Å². The van der Waals surface area contributed by atoms with Gasteiger partial charge in [-0.3, -0.25) is 0 Å². The Morgan fingerprint density at radius 1 is 1.57 bits per heavy atom. The Balaban J connectivity index is 3.79. The molecule has 0 saturated carbocycles. The number of hydrogen-bond donors (Lipinski definition) is 0. The molecule has 1 nitrogen and oxygen atoms in total. The molecule has 0 fully saturated rings. The standard InChI is InChI=1S/C3H6F2NS/c1-3(7)6(2,4)5/h1-2H3/q+1. The number of thiocarbonyl (C=S) groups is 1. The summed E-state index contributed by atoms with van der Waals surface area (Å²) in [4.78, 5) is -2.53. The fourth-order valence-corrected chi connectivity index (χ4v) is 0. The molecular weight excluding hydrogens is 120 g/mol. The predicted molar refractivity (Wildman–Crippen MR) is 26.7 cm³/mol. The first-order valence-corrected chi connectivity index (χ1v) is 2.12. The molecule has 0 aromatic carbocycles. The highest BCUT2D eigenvalue weighted by molar-refractivity contribution is 7.79. The van der Waals surface area contributed by atoms with Crippen molar-refractivity contribution in [2.75, 3.05) is 7.05 Å². The van der Waals surface area contributed by atoms with Gasteiger partial charge in [0.05, 0.1) is 4.93 Å². The minimum Gasteiger partial charge on any atom is -0.0152 e. The zero-order valence-electron chi connectivity index (χ0n) is 4.11. The van der Waals surface area contributed by atoms with Crippen molar-refractivity contribution in [2.24, 2.45) is 0 Å². The van der Waals surface area contributed by atoms with Crippen LogP contribution >= 0.6 is 12.2 Å². The first-order valence-electron chi connectivity index (χ1n) is 1.71. The molecule has 0 atom stereocenters. The summed E-state index contributed by atoms with van der Waals surface area (Å²) in [6, 6.07) is 0. The lowest BCUT2D eigenvalue weighted by Gasteiger charge is -2.00. The van der Waals surface area contributed by atoms with Gasteiger partial charge in [-0.25, -0.2) is 0 Å². The van der Waals surface area contributed by atoms with Crippen LogP contribution in [0.3, 0.4) is 0 Å². The molecule has 0 aromatic rings. The van der Waals surface area contributed by atoms with Gasteiger partial charge in [-0.2, -0.15) is 0 Å². The fourth-order valence-electron chi connectivity index (χ4n) is 0. The molecule has 0 amide bonds. The van der Waals surface area contributed by atoms with Crippen molar-refractivity contribution in [3.8, 4) is 0 Å². The molecule has 0 bridgehead atoms. The van der Waals surface area contributed by atoms with E-state index >= 15 is 0 Å². The smallest absolute Gasteiger partial charge is 0.0152 e. The van der Waals surface area contributed by atoms with Crippen LogP contribution in [-0.2, 0) is 0 Å². The lowest BCUT2D eigenvalue weighted by atomic mass is 10.7. The van der Waals surface area contributed by atoms with E-state index in [1.54, 1.807) is 0 Å². The summed E-state index contributed by atoms with van der Waals surface area (Å²) in [5.41, 5.74) is 0. The summed E-state index contributed by atoms with van der Waals surface area (Å²) in [6.07, 6.45) is 0. The van der Waals surface area contributed by atoms with Crippen LogP contribution in [0.1, 0.15) is 6.92 Å². The van der Waals surface area contributed by atoms with Gasteiger partial charge in [0.15, 0.2) is 7.05 Å². The Morgan fingerprint density at radius 3 is 1.71 bits per heavy atom. The van der Waals surface area contributed by atoms with Crippen LogP contribution in [-0.4, -0.2) is 17.0 Å². The van der Waals surface area contributed by atoms with Gasteiger partial charge in [-0.15, -0.1) is 0 Å². The first-order chi connectivity index (χ1) is 2.94. The Morgan fingerprint density at radius 2 is 1.71 bits per heavy atom. The van der Waals surface area contributed by atoms with E-state index in [2.05, 4.69) is 12.2 Å². The van der Waals surface area contributed by atoms with Crippen molar-refractivity contribution in [3.05, 3.63) is 0 Å². The third kappa shape index (κ3) is 2.59. The van der Waals surface area contributed by atoms with Crippen molar-refractivity contribution >= 4 is 17.2 Å². The van der Waals surface area contributed by atoms with Crippen LogP contribution < -0.4 is 0 Å².